The van der Waals surface area contributed by atoms with Gasteiger partial charge in [-0.2, -0.15) is 5.26 Å². The third kappa shape index (κ3) is 4.76. The van der Waals surface area contributed by atoms with E-state index in [1.54, 1.807) is 32.4 Å². The molecule has 0 aliphatic heterocycles. The highest BCUT2D eigenvalue weighted by Crippen LogP contribution is 2.34. The van der Waals surface area contributed by atoms with Gasteiger partial charge in [-0.15, -0.1) is 0 Å². The summed E-state index contributed by atoms with van der Waals surface area (Å²) >= 11 is 1.37. The molecule has 0 spiro atoms. The minimum absolute atomic E-state index is 0.110. The van der Waals surface area contributed by atoms with Gasteiger partial charge in [0, 0.05) is 9.79 Å². The zero-order chi connectivity index (χ0) is 21.5. The number of esters is 1. The molecule has 0 amide bonds. The second-order valence-electron chi connectivity index (χ2n) is 6.42. The van der Waals surface area contributed by atoms with Crippen molar-refractivity contribution in [2.24, 2.45) is 0 Å². The van der Waals surface area contributed by atoms with Gasteiger partial charge in [-0.3, -0.25) is 0 Å². The number of nitriles is 1. The van der Waals surface area contributed by atoms with Gasteiger partial charge >= 0.3 is 5.97 Å². The third-order valence-corrected chi connectivity index (χ3v) is 5.69. The number of aryl methyl sites for hydroxylation is 1. The van der Waals surface area contributed by atoms with Gasteiger partial charge in [0.05, 0.1) is 25.3 Å². The van der Waals surface area contributed by atoms with Crippen LogP contribution in [0.4, 0.5) is 0 Å². The molecule has 6 heteroatoms. The van der Waals surface area contributed by atoms with E-state index in [0.717, 1.165) is 20.9 Å². The van der Waals surface area contributed by atoms with Crippen molar-refractivity contribution in [3.63, 3.8) is 0 Å². The van der Waals surface area contributed by atoms with Crippen LogP contribution in [0.25, 0.3) is 0 Å². The SMILES string of the molecule is COc1cc(C)c(COC(=O)c2ccccc2Sc2ccccc2C#N)cc1OC. The van der Waals surface area contributed by atoms with Crippen molar-refractivity contribution >= 4 is 17.7 Å². The summed E-state index contributed by atoms with van der Waals surface area (Å²) < 4.78 is 16.2. The molecule has 0 fully saturated rings. The standard InChI is InChI=1S/C24H21NO4S/c1-16-12-20(27-2)21(28-3)13-18(16)15-29-24(26)19-9-5-7-11-23(19)30-22-10-6-4-8-17(22)14-25/h4-13H,15H2,1-3H3. The Morgan fingerprint density at radius 1 is 0.967 bits per heavy atom. The molecule has 0 bridgehead atoms. The number of methoxy groups -OCH3 is 2. The fourth-order valence-electron chi connectivity index (χ4n) is 2.89. The van der Waals surface area contributed by atoms with Crippen LogP contribution in [0.15, 0.2) is 70.5 Å². The first kappa shape index (κ1) is 21.3. The van der Waals surface area contributed by atoms with Gasteiger partial charge in [-0.05, 0) is 54.4 Å². The van der Waals surface area contributed by atoms with Crippen molar-refractivity contribution in [2.75, 3.05) is 14.2 Å². The summed E-state index contributed by atoms with van der Waals surface area (Å²) in [6.45, 7) is 2.03. The summed E-state index contributed by atoms with van der Waals surface area (Å²) in [6, 6.07) is 20.3. The average molecular weight is 420 g/mol. The third-order valence-electron chi connectivity index (χ3n) is 4.54. The van der Waals surface area contributed by atoms with Gasteiger partial charge in [0.15, 0.2) is 11.5 Å². The van der Waals surface area contributed by atoms with Gasteiger partial charge in [-0.25, -0.2) is 4.79 Å². The van der Waals surface area contributed by atoms with E-state index in [0.29, 0.717) is 22.6 Å². The van der Waals surface area contributed by atoms with E-state index < -0.39 is 5.97 Å². The fourth-order valence-corrected chi connectivity index (χ4v) is 3.91. The van der Waals surface area contributed by atoms with Crippen LogP contribution in [0.2, 0.25) is 0 Å². The Kier molecular flexibility index (Phi) is 6.99. The minimum Gasteiger partial charge on any atom is -0.493 e. The van der Waals surface area contributed by atoms with E-state index >= 15 is 0 Å². The van der Waals surface area contributed by atoms with Gasteiger partial charge in [-0.1, -0.05) is 36.0 Å². The molecule has 3 aromatic carbocycles. The van der Waals surface area contributed by atoms with E-state index in [2.05, 4.69) is 6.07 Å². The Labute approximate surface area is 180 Å². The van der Waals surface area contributed by atoms with Gasteiger partial charge in [0.1, 0.15) is 12.7 Å². The lowest BCUT2D eigenvalue weighted by Gasteiger charge is -2.14. The number of carbonyl (C=O) groups excluding carboxylic acids is 1. The van der Waals surface area contributed by atoms with E-state index in [-0.39, 0.29) is 6.61 Å². The van der Waals surface area contributed by atoms with Crippen LogP contribution in [0.5, 0.6) is 11.5 Å². The molecule has 3 rings (SSSR count). The second kappa shape index (κ2) is 9.86. The van der Waals surface area contributed by atoms with Crippen LogP contribution < -0.4 is 9.47 Å². The maximum absolute atomic E-state index is 12.8. The summed E-state index contributed by atoms with van der Waals surface area (Å²) in [5.74, 6) is 0.780. The van der Waals surface area contributed by atoms with E-state index in [1.165, 1.54) is 11.8 Å². The molecule has 0 atom stereocenters. The minimum atomic E-state index is -0.429. The largest absolute Gasteiger partial charge is 0.493 e. The highest BCUT2D eigenvalue weighted by Gasteiger charge is 2.16. The number of hydrogen-bond donors (Lipinski definition) is 0. The summed E-state index contributed by atoms with van der Waals surface area (Å²) in [5.41, 5.74) is 2.78. The fraction of sp³-hybridized carbons (Fsp3) is 0.167. The van der Waals surface area contributed by atoms with Crippen LogP contribution in [-0.2, 0) is 11.3 Å². The molecule has 0 saturated carbocycles. The van der Waals surface area contributed by atoms with Crippen molar-refractivity contribution in [3.8, 4) is 17.6 Å². The maximum atomic E-state index is 12.8. The first-order chi connectivity index (χ1) is 14.6. The Morgan fingerprint density at radius 3 is 2.30 bits per heavy atom. The molecule has 3 aromatic rings. The van der Waals surface area contributed by atoms with E-state index in [1.807, 2.05) is 49.4 Å². The molecule has 0 aromatic heterocycles. The lowest BCUT2D eigenvalue weighted by atomic mass is 10.1. The molecule has 30 heavy (non-hydrogen) atoms. The summed E-state index contributed by atoms with van der Waals surface area (Å²) in [7, 11) is 3.14. The molecule has 5 nitrogen and oxygen atoms in total. The average Bonchev–Trinajstić information content (AvgIpc) is 2.78. The highest BCUT2D eigenvalue weighted by molar-refractivity contribution is 7.99. The van der Waals surface area contributed by atoms with Crippen molar-refractivity contribution in [1.29, 1.82) is 5.26 Å². The van der Waals surface area contributed by atoms with E-state index in [9.17, 15) is 10.1 Å². The van der Waals surface area contributed by atoms with Crippen LogP contribution in [0.3, 0.4) is 0 Å². The quantitative estimate of drug-likeness (QED) is 0.478. The van der Waals surface area contributed by atoms with E-state index in [4.69, 9.17) is 14.2 Å². The molecular weight excluding hydrogens is 398 g/mol. The summed E-state index contributed by atoms with van der Waals surface area (Å²) in [6.07, 6.45) is 0. The Morgan fingerprint density at radius 2 is 1.60 bits per heavy atom. The first-order valence-corrected chi connectivity index (χ1v) is 10.0. The number of benzene rings is 3. The molecule has 0 unspecified atom stereocenters. The molecule has 0 N–H and O–H groups in total. The van der Waals surface area contributed by atoms with Crippen LogP contribution in [0, 0.1) is 18.3 Å². The molecule has 0 aliphatic rings. The first-order valence-electron chi connectivity index (χ1n) is 9.22. The number of nitrogens with zero attached hydrogens (tertiary/aromatic N) is 1. The van der Waals surface area contributed by atoms with Crippen LogP contribution in [-0.4, -0.2) is 20.2 Å². The Balaban J connectivity index is 1.80. The van der Waals surface area contributed by atoms with Crippen LogP contribution >= 0.6 is 11.8 Å². The molecule has 0 saturated heterocycles. The van der Waals surface area contributed by atoms with Crippen molar-refractivity contribution in [3.05, 3.63) is 82.9 Å². The zero-order valence-electron chi connectivity index (χ0n) is 17.0. The Bertz CT molecular complexity index is 1100. The maximum Gasteiger partial charge on any atom is 0.339 e. The molecule has 0 radical (unpaired) electrons. The molecule has 152 valence electrons. The summed E-state index contributed by atoms with van der Waals surface area (Å²) in [4.78, 5) is 14.3. The second-order valence-corrected chi connectivity index (χ2v) is 7.50. The molecule has 0 heterocycles. The van der Waals surface area contributed by atoms with Gasteiger partial charge in [0.2, 0.25) is 0 Å². The molecular formula is C24H21NO4S. The van der Waals surface area contributed by atoms with Crippen molar-refractivity contribution < 1.29 is 19.0 Å². The zero-order valence-corrected chi connectivity index (χ0v) is 17.8. The number of ether oxygens (including phenoxy) is 3. The van der Waals surface area contributed by atoms with Crippen LogP contribution in [0.1, 0.15) is 27.0 Å². The topological polar surface area (TPSA) is 68.5 Å². The Hall–Kier alpha value is -3.43. The number of carbonyl (C=O) groups is 1. The normalized spacial score (nSPS) is 10.2. The smallest absolute Gasteiger partial charge is 0.339 e. The monoisotopic (exact) mass is 419 g/mol. The lowest BCUT2D eigenvalue weighted by Crippen LogP contribution is -2.08. The lowest BCUT2D eigenvalue weighted by molar-refractivity contribution is 0.0467. The summed E-state index contributed by atoms with van der Waals surface area (Å²) in [5, 5.41) is 9.32. The van der Waals surface area contributed by atoms with Gasteiger partial charge in [0.25, 0.3) is 0 Å². The number of rotatable bonds is 7. The van der Waals surface area contributed by atoms with Crippen molar-refractivity contribution in [2.45, 2.75) is 23.3 Å². The highest BCUT2D eigenvalue weighted by atomic mass is 32.2. The van der Waals surface area contributed by atoms with Gasteiger partial charge < -0.3 is 14.2 Å². The predicted molar refractivity (Wildman–Crippen MR) is 115 cm³/mol. The molecule has 0 aliphatic carbocycles. The van der Waals surface area contributed by atoms with Crippen molar-refractivity contribution in [1.82, 2.24) is 0 Å². The predicted octanol–water partition coefficient (Wildman–Crippen LogP) is 5.39. The number of hydrogen-bond acceptors (Lipinski definition) is 6.